The number of rotatable bonds is 8. The van der Waals surface area contributed by atoms with Crippen molar-refractivity contribution in [2.75, 3.05) is 17.4 Å². The summed E-state index contributed by atoms with van der Waals surface area (Å²) < 4.78 is 40.8. The van der Waals surface area contributed by atoms with Crippen LogP contribution in [0.25, 0.3) is 0 Å². The molecule has 0 aliphatic heterocycles. The molecule has 0 heterocycles. The Morgan fingerprint density at radius 1 is 0.968 bits per heavy atom. The SMILES string of the molecule is Cc1ccc(N(CC(=O)NC[C@@H](C)c2ccccc2)S(=O)(=O)c2ccc(F)cc2)cc1. The van der Waals surface area contributed by atoms with Gasteiger partial charge in [0.05, 0.1) is 10.6 Å². The Labute approximate surface area is 182 Å². The molecule has 31 heavy (non-hydrogen) atoms. The largest absolute Gasteiger partial charge is 0.354 e. The van der Waals surface area contributed by atoms with Crippen LogP contribution in [-0.4, -0.2) is 27.4 Å². The first kappa shape index (κ1) is 22.5. The van der Waals surface area contributed by atoms with E-state index in [0.717, 1.165) is 27.6 Å². The molecule has 0 radical (unpaired) electrons. The van der Waals surface area contributed by atoms with Crippen molar-refractivity contribution in [2.24, 2.45) is 0 Å². The second-order valence-electron chi connectivity index (χ2n) is 7.42. The van der Waals surface area contributed by atoms with Gasteiger partial charge in [-0.1, -0.05) is 55.0 Å². The quantitative estimate of drug-likeness (QED) is 0.570. The van der Waals surface area contributed by atoms with Gasteiger partial charge >= 0.3 is 0 Å². The van der Waals surface area contributed by atoms with Crippen molar-refractivity contribution in [1.29, 1.82) is 0 Å². The summed E-state index contributed by atoms with van der Waals surface area (Å²) in [6.07, 6.45) is 0. The third-order valence-corrected chi connectivity index (χ3v) is 6.77. The average molecular weight is 441 g/mol. The van der Waals surface area contributed by atoms with Gasteiger partial charge in [-0.3, -0.25) is 9.10 Å². The maximum absolute atomic E-state index is 13.3. The number of hydrogen-bond donors (Lipinski definition) is 1. The van der Waals surface area contributed by atoms with Crippen LogP contribution in [0.15, 0.2) is 83.8 Å². The predicted molar refractivity (Wildman–Crippen MR) is 120 cm³/mol. The lowest BCUT2D eigenvalue weighted by Gasteiger charge is -2.24. The summed E-state index contributed by atoms with van der Waals surface area (Å²) in [4.78, 5) is 12.6. The van der Waals surface area contributed by atoms with Gasteiger partial charge in [-0.05, 0) is 54.8 Å². The van der Waals surface area contributed by atoms with Gasteiger partial charge in [0.1, 0.15) is 12.4 Å². The van der Waals surface area contributed by atoms with E-state index in [1.165, 1.54) is 12.1 Å². The number of aryl methyl sites for hydroxylation is 1. The Kier molecular flexibility index (Phi) is 7.07. The summed E-state index contributed by atoms with van der Waals surface area (Å²) in [7, 11) is -4.06. The van der Waals surface area contributed by atoms with Gasteiger partial charge in [0.15, 0.2) is 0 Å². The highest BCUT2D eigenvalue weighted by Crippen LogP contribution is 2.24. The maximum atomic E-state index is 13.3. The second-order valence-corrected chi connectivity index (χ2v) is 9.28. The molecular weight excluding hydrogens is 415 g/mol. The molecular formula is C24H25FN2O3S. The third kappa shape index (κ3) is 5.70. The first-order chi connectivity index (χ1) is 14.8. The van der Waals surface area contributed by atoms with E-state index < -0.39 is 21.7 Å². The Balaban J connectivity index is 1.80. The number of halogens is 1. The normalized spacial score (nSPS) is 12.2. The lowest BCUT2D eigenvalue weighted by atomic mass is 10.0. The van der Waals surface area contributed by atoms with Crippen LogP contribution in [0.5, 0.6) is 0 Å². The third-order valence-electron chi connectivity index (χ3n) is 4.98. The molecule has 0 aliphatic carbocycles. The summed E-state index contributed by atoms with van der Waals surface area (Å²) in [6, 6.07) is 21.2. The van der Waals surface area contributed by atoms with E-state index in [-0.39, 0.29) is 17.4 Å². The van der Waals surface area contributed by atoms with Gasteiger partial charge in [-0.2, -0.15) is 0 Å². The molecule has 162 valence electrons. The minimum absolute atomic E-state index is 0.0756. The minimum atomic E-state index is -4.06. The van der Waals surface area contributed by atoms with Crippen LogP contribution >= 0.6 is 0 Å². The van der Waals surface area contributed by atoms with Crippen molar-refractivity contribution in [3.8, 4) is 0 Å². The van der Waals surface area contributed by atoms with Crippen molar-refractivity contribution in [3.05, 3.63) is 95.8 Å². The fourth-order valence-corrected chi connectivity index (χ4v) is 4.53. The van der Waals surface area contributed by atoms with Crippen LogP contribution in [0.2, 0.25) is 0 Å². The van der Waals surface area contributed by atoms with E-state index >= 15 is 0 Å². The molecule has 3 aromatic rings. The van der Waals surface area contributed by atoms with E-state index in [4.69, 9.17) is 0 Å². The molecule has 1 amide bonds. The fourth-order valence-electron chi connectivity index (χ4n) is 3.11. The Morgan fingerprint density at radius 3 is 2.19 bits per heavy atom. The zero-order valence-corrected chi connectivity index (χ0v) is 18.3. The van der Waals surface area contributed by atoms with E-state index in [1.807, 2.05) is 44.2 Å². The molecule has 0 aromatic heterocycles. The molecule has 0 spiro atoms. The van der Waals surface area contributed by atoms with Crippen LogP contribution < -0.4 is 9.62 Å². The molecule has 1 atom stereocenters. The molecule has 0 saturated carbocycles. The number of hydrogen-bond acceptors (Lipinski definition) is 3. The molecule has 0 unspecified atom stereocenters. The Bertz CT molecular complexity index is 1120. The topological polar surface area (TPSA) is 66.5 Å². The number of nitrogens with zero attached hydrogens (tertiary/aromatic N) is 1. The van der Waals surface area contributed by atoms with Crippen LogP contribution in [0, 0.1) is 12.7 Å². The second kappa shape index (κ2) is 9.75. The van der Waals surface area contributed by atoms with Crippen molar-refractivity contribution < 1.29 is 17.6 Å². The fraction of sp³-hybridized carbons (Fsp3) is 0.208. The minimum Gasteiger partial charge on any atom is -0.354 e. The lowest BCUT2D eigenvalue weighted by molar-refractivity contribution is -0.119. The number of benzene rings is 3. The first-order valence-corrected chi connectivity index (χ1v) is 11.4. The van der Waals surface area contributed by atoms with Crippen LogP contribution in [0.4, 0.5) is 10.1 Å². The van der Waals surface area contributed by atoms with Crippen LogP contribution in [-0.2, 0) is 14.8 Å². The van der Waals surface area contributed by atoms with Gasteiger partial charge in [0, 0.05) is 6.54 Å². The highest BCUT2D eigenvalue weighted by Gasteiger charge is 2.27. The van der Waals surface area contributed by atoms with Gasteiger partial charge < -0.3 is 5.32 Å². The van der Waals surface area contributed by atoms with Gasteiger partial charge in [-0.15, -0.1) is 0 Å². The van der Waals surface area contributed by atoms with E-state index in [9.17, 15) is 17.6 Å². The number of carbonyl (C=O) groups is 1. The monoisotopic (exact) mass is 440 g/mol. The number of anilines is 1. The molecule has 0 bridgehead atoms. The number of nitrogens with one attached hydrogen (secondary N) is 1. The van der Waals surface area contributed by atoms with Crippen molar-refractivity contribution >= 4 is 21.6 Å². The van der Waals surface area contributed by atoms with Crippen molar-refractivity contribution in [3.63, 3.8) is 0 Å². The molecule has 0 fully saturated rings. The summed E-state index contributed by atoms with van der Waals surface area (Å²) in [6.45, 7) is 3.87. The first-order valence-electron chi connectivity index (χ1n) is 9.94. The molecule has 1 N–H and O–H groups in total. The van der Waals surface area contributed by atoms with Crippen molar-refractivity contribution in [2.45, 2.75) is 24.7 Å². The highest BCUT2D eigenvalue weighted by molar-refractivity contribution is 7.92. The number of sulfonamides is 1. The Hall–Kier alpha value is -3.19. The highest BCUT2D eigenvalue weighted by atomic mass is 32.2. The van der Waals surface area contributed by atoms with Gasteiger partial charge in [-0.25, -0.2) is 12.8 Å². The van der Waals surface area contributed by atoms with E-state index in [1.54, 1.807) is 24.3 Å². The maximum Gasteiger partial charge on any atom is 0.264 e. The molecule has 7 heteroatoms. The van der Waals surface area contributed by atoms with E-state index in [2.05, 4.69) is 5.32 Å². The van der Waals surface area contributed by atoms with Gasteiger partial charge in [0.25, 0.3) is 10.0 Å². The zero-order chi connectivity index (χ0) is 22.4. The molecule has 0 aliphatic rings. The van der Waals surface area contributed by atoms with Crippen LogP contribution in [0.3, 0.4) is 0 Å². The Morgan fingerprint density at radius 2 is 1.58 bits per heavy atom. The van der Waals surface area contributed by atoms with E-state index in [0.29, 0.717) is 12.2 Å². The number of amides is 1. The molecule has 5 nitrogen and oxygen atoms in total. The molecule has 0 saturated heterocycles. The summed E-state index contributed by atoms with van der Waals surface area (Å²) in [5.74, 6) is -0.880. The summed E-state index contributed by atoms with van der Waals surface area (Å²) in [5, 5.41) is 2.82. The van der Waals surface area contributed by atoms with Crippen molar-refractivity contribution in [1.82, 2.24) is 5.32 Å². The average Bonchev–Trinajstić information content (AvgIpc) is 2.77. The molecule has 3 rings (SSSR count). The smallest absolute Gasteiger partial charge is 0.264 e. The molecule has 3 aromatic carbocycles. The summed E-state index contributed by atoms with van der Waals surface area (Å²) >= 11 is 0. The summed E-state index contributed by atoms with van der Waals surface area (Å²) in [5.41, 5.74) is 2.40. The number of carbonyl (C=O) groups excluding carboxylic acids is 1. The van der Waals surface area contributed by atoms with Gasteiger partial charge in [0.2, 0.25) is 5.91 Å². The standard InChI is InChI=1S/C24H25FN2O3S/c1-18-8-12-22(13-9-18)27(31(29,30)23-14-10-21(25)11-15-23)17-24(28)26-16-19(2)20-6-4-3-5-7-20/h3-15,19H,16-17H2,1-2H3,(H,26,28)/t19-/m1/s1. The lowest BCUT2D eigenvalue weighted by Crippen LogP contribution is -2.41. The predicted octanol–water partition coefficient (Wildman–Crippen LogP) is 4.25. The van der Waals surface area contributed by atoms with Crippen LogP contribution in [0.1, 0.15) is 24.0 Å². The zero-order valence-electron chi connectivity index (χ0n) is 17.5.